The molecule has 2 heterocycles. The van der Waals surface area contributed by atoms with Gasteiger partial charge in [0, 0.05) is 11.3 Å². The van der Waals surface area contributed by atoms with Crippen molar-refractivity contribution in [1.82, 2.24) is 15.4 Å². The predicted octanol–water partition coefficient (Wildman–Crippen LogP) is 2.76. The number of nitrogens with zero attached hydrogens (tertiary/aromatic N) is 2. The van der Waals surface area contributed by atoms with Gasteiger partial charge >= 0.3 is 0 Å². The molecule has 3 aromatic rings. The van der Waals surface area contributed by atoms with Crippen LogP contribution in [0, 0.1) is 12.7 Å². The molecule has 3 rings (SSSR count). The highest BCUT2D eigenvalue weighted by Crippen LogP contribution is 2.38. The van der Waals surface area contributed by atoms with E-state index in [-0.39, 0.29) is 11.6 Å². The average molecular weight is 258 g/mol. The van der Waals surface area contributed by atoms with E-state index in [0.717, 1.165) is 5.69 Å². The Labute approximate surface area is 108 Å². The molecule has 0 atom stereocenters. The number of benzene rings is 1. The van der Waals surface area contributed by atoms with Crippen LogP contribution in [0.25, 0.3) is 22.5 Å². The van der Waals surface area contributed by atoms with Crippen LogP contribution in [0.5, 0.6) is 0 Å². The maximum Gasteiger partial charge on any atom is 0.180 e. The molecule has 1 aromatic carbocycles. The topological polar surface area (TPSA) is 80.7 Å². The minimum Gasteiger partial charge on any atom is -0.380 e. The molecular weight excluding hydrogens is 247 g/mol. The number of aromatic amines is 1. The molecule has 96 valence electrons. The van der Waals surface area contributed by atoms with Gasteiger partial charge in [-0.3, -0.25) is 5.10 Å². The molecule has 0 aliphatic heterocycles. The molecule has 0 saturated carbocycles. The number of aromatic nitrogens is 3. The van der Waals surface area contributed by atoms with E-state index in [0.29, 0.717) is 22.5 Å². The zero-order chi connectivity index (χ0) is 13.4. The molecule has 0 bridgehead atoms. The van der Waals surface area contributed by atoms with Gasteiger partial charge in [0.05, 0.1) is 17.3 Å². The Morgan fingerprint density at radius 2 is 2.05 bits per heavy atom. The Hall–Kier alpha value is -2.63. The fourth-order valence-electron chi connectivity index (χ4n) is 1.99. The van der Waals surface area contributed by atoms with Crippen LogP contribution in [-0.4, -0.2) is 15.4 Å². The highest BCUT2D eigenvalue weighted by atomic mass is 19.1. The van der Waals surface area contributed by atoms with E-state index < -0.39 is 0 Å². The summed E-state index contributed by atoms with van der Waals surface area (Å²) >= 11 is 0. The smallest absolute Gasteiger partial charge is 0.180 e. The zero-order valence-corrected chi connectivity index (χ0v) is 10.1. The van der Waals surface area contributed by atoms with Crippen molar-refractivity contribution in [3.63, 3.8) is 0 Å². The van der Waals surface area contributed by atoms with E-state index in [2.05, 4.69) is 15.4 Å². The standard InChI is InChI=1S/C13H11FN4O/c1-7-9(6-16-17-7)12-11(13(15)18-19-12)8-4-2-3-5-10(8)14/h2-6H,1H3,(H2,15,18)(H,16,17). The molecule has 0 aliphatic carbocycles. The molecule has 19 heavy (non-hydrogen) atoms. The van der Waals surface area contributed by atoms with E-state index in [4.69, 9.17) is 10.3 Å². The quantitative estimate of drug-likeness (QED) is 0.740. The monoisotopic (exact) mass is 258 g/mol. The fourth-order valence-corrected chi connectivity index (χ4v) is 1.99. The Kier molecular flexibility index (Phi) is 2.56. The average Bonchev–Trinajstić information content (AvgIpc) is 2.96. The minimum absolute atomic E-state index is 0.153. The number of anilines is 1. The van der Waals surface area contributed by atoms with Gasteiger partial charge in [-0.25, -0.2) is 4.39 Å². The van der Waals surface area contributed by atoms with Crippen molar-refractivity contribution in [3.8, 4) is 22.5 Å². The van der Waals surface area contributed by atoms with Gasteiger partial charge in [0.25, 0.3) is 0 Å². The second-order valence-corrected chi connectivity index (χ2v) is 4.16. The summed E-state index contributed by atoms with van der Waals surface area (Å²) in [6.45, 7) is 1.84. The lowest BCUT2D eigenvalue weighted by Gasteiger charge is -2.03. The first kappa shape index (κ1) is 11.5. The first-order valence-electron chi connectivity index (χ1n) is 5.69. The summed E-state index contributed by atoms with van der Waals surface area (Å²) < 4.78 is 19.1. The minimum atomic E-state index is -0.375. The summed E-state index contributed by atoms with van der Waals surface area (Å²) in [7, 11) is 0. The number of hydrogen-bond donors (Lipinski definition) is 2. The molecule has 6 heteroatoms. The van der Waals surface area contributed by atoms with Crippen LogP contribution >= 0.6 is 0 Å². The van der Waals surface area contributed by atoms with E-state index in [9.17, 15) is 4.39 Å². The van der Waals surface area contributed by atoms with Gasteiger partial charge in [-0.05, 0) is 13.0 Å². The van der Waals surface area contributed by atoms with E-state index >= 15 is 0 Å². The van der Waals surface area contributed by atoms with Crippen LogP contribution in [0.4, 0.5) is 10.2 Å². The molecule has 0 spiro atoms. The Balaban J connectivity index is 2.26. The normalized spacial score (nSPS) is 10.8. The molecule has 0 aliphatic rings. The molecule has 0 unspecified atom stereocenters. The highest BCUT2D eigenvalue weighted by molar-refractivity contribution is 5.87. The number of halogens is 1. The zero-order valence-electron chi connectivity index (χ0n) is 10.1. The maximum absolute atomic E-state index is 13.9. The van der Waals surface area contributed by atoms with Gasteiger partial charge in [0.2, 0.25) is 0 Å². The third kappa shape index (κ3) is 1.77. The van der Waals surface area contributed by atoms with Crippen molar-refractivity contribution in [2.24, 2.45) is 0 Å². The summed E-state index contributed by atoms with van der Waals surface area (Å²) in [5, 5.41) is 10.4. The molecule has 3 N–H and O–H groups in total. The lowest BCUT2D eigenvalue weighted by molar-refractivity contribution is 0.436. The van der Waals surface area contributed by atoms with Gasteiger partial charge in [0.15, 0.2) is 11.6 Å². The summed E-state index contributed by atoms with van der Waals surface area (Å²) in [6, 6.07) is 6.35. The number of aryl methyl sites for hydroxylation is 1. The van der Waals surface area contributed by atoms with E-state index in [1.54, 1.807) is 24.4 Å². The molecular formula is C13H11FN4O. The second kappa shape index (κ2) is 4.24. The number of nitrogens with two attached hydrogens (primary N) is 1. The predicted molar refractivity (Wildman–Crippen MR) is 68.6 cm³/mol. The van der Waals surface area contributed by atoms with Crippen LogP contribution in [0.3, 0.4) is 0 Å². The van der Waals surface area contributed by atoms with Crippen molar-refractivity contribution >= 4 is 5.82 Å². The van der Waals surface area contributed by atoms with Crippen LogP contribution < -0.4 is 5.73 Å². The number of hydrogen-bond acceptors (Lipinski definition) is 4. The van der Waals surface area contributed by atoms with Crippen molar-refractivity contribution in [3.05, 3.63) is 42.0 Å². The molecule has 0 amide bonds. The van der Waals surface area contributed by atoms with Crippen molar-refractivity contribution in [1.29, 1.82) is 0 Å². The number of H-pyrrole nitrogens is 1. The SMILES string of the molecule is Cc1[nH]ncc1-c1onc(N)c1-c1ccccc1F. The third-order valence-corrected chi connectivity index (χ3v) is 2.94. The number of nitrogen functional groups attached to an aromatic ring is 1. The van der Waals surface area contributed by atoms with Gasteiger partial charge in [-0.15, -0.1) is 0 Å². The van der Waals surface area contributed by atoms with Crippen LogP contribution in [0.15, 0.2) is 35.0 Å². The summed E-state index contributed by atoms with van der Waals surface area (Å²) in [4.78, 5) is 0. The van der Waals surface area contributed by atoms with Gasteiger partial charge < -0.3 is 10.3 Å². The van der Waals surface area contributed by atoms with Gasteiger partial charge in [-0.1, -0.05) is 23.4 Å². The van der Waals surface area contributed by atoms with Crippen LogP contribution in [-0.2, 0) is 0 Å². The van der Waals surface area contributed by atoms with Crippen LogP contribution in [0.2, 0.25) is 0 Å². The Morgan fingerprint density at radius 3 is 2.74 bits per heavy atom. The van der Waals surface area contributed by atoms with Crippen molar-refractivity contribution in [2.75, 3.05) is 5.73 Å². The molecule has 2 aromatic heterocycles. The maximum atomic E-state index is 13.9. The molecule has 5 nitrogen and oxygen atoms in total. The van der Waals surface area contributed by atoms with Crippen LogP contribution in [0.1, 0.15) is 5.69 Å². The van der Waals surface area contributed by atoms with Gasteiger partial charge in [-0.2, -0.15) is 5.10 Å². The van der Waals surface area contributed by atoms with Crippen molar-refractivity contribution in [2.45, 2.75) is 6.92 Å². The lowest BCUT2D eigenvalue weighted by Crippen LogP contribution is -1.91. The molecule has 0 saturated heterocycles. The first-order chi connectivity index (χ1) is 9.18. The number of rotatable bonds is 2. The largest absolute Gasteiger partial charge is 0.380 e. The fraction of sp³-hybridized carbons (Fsp3) is 0.0769. The summed E-state index contributed by atoms with van der Waals surface area (Å²) in [5.74, 6) is 0.189. The summed E-state index contributed by atoms with van der Waals surface area (Å²) in [5.41, 5.74) is 8.11. The summed E-state index contributed by atoms with van der Waals surface area (Å²) in [6.07, 6.45) is 1.60. The first-order valence-corrected chi connectivity index (χ1v) is 5.69. The highest BCUT2D eigenvalue weighted by Gasteiger charge is 2.22. The van der Waals surface area contributed by atoms with E-state index in [1.165, 1.54) is 6.07 Å². The van der Waals surface area contributed by atoms with Crippen molar-refractivity contribution < 1.29 is 8.91 Å². The van der Waals surface area contributed by atoms with Gasteiger partial charge in [0.1, 0.15) is 5.82 Å². The van der Waals surface area contributed by atoms with E-state index in [1.807, 2.05) is 6.92 Å². The second-order valence-electron chi connectivity index (χ2n) is 4.16. The Morgan fingerprint density at radius 1 is 1.26 bits per heavy atom. The molecule has 0 radical (unpaired) electrons. The Bertz CT molecular complexity index is 732. The lowest BCUT2D eigenvalue weighted by atomic mass is 10.0. The molecule has 0 fully saturated rings. The number of nitrogens with one attached hydrogen (secondary N) is 1. The third-order valence-electron chi connectivity index (χ3n) is 2.94.